The molecule has 0 spiro atoms. The Morgan fingerprint density at radius 3 is 1.12 bits per heavy atom. The molecule has 3 aromatic rings. The minimum absolute atomic E-state index is 1.06. The monoisotopic (exact) mass is 366 g/mol. The smallest absolute Gasteiger partial charge is 0.207 e. The van der Waals surface area contributed by atoms with Crippen LogP contribution in [0.25, 0.3) is 0 Å². The fourth-order valence-corrected chi connectivity index (χ4v) is 2.00. The topological polar surface area (TPSA) is 66.2 Å². The molecular formula is C18H14F4N2O2. The number of benzene rings is 1. The Balaban J connectivity index is 0.000000190. The van der Waals surface area contributed by atoms with Crippen LogP contribution in [0.5, 0.6) is 11.5 Å². The molecule has 0 radical (unpaired) electrons. The van der Waals surface area contributed by atoms with E-state index in [1.54, 1.807) is 0 Å². The van der Waals surface area contributed by atoms with Gasteiger partial charge in [0, 0.05) is 24.8 Å². The van der Waals surface area contributed by atoms with Gasteiger partial charge in [0.15, 0.2) is 11.5 Å². The van der Waals surface area contributed by atoms with E-state index in [-0.39, 0.29) is 0 Å². The van der Waals surface area contributed by atoms with Gasteiger partial charge in [-0.2, -0.15) is 17.6 Å². The van der Waals surface area contributed by atoms with Crippen molar-refractivity contribution in [3.63, 3.8) is 0 Å². The van der Waals surface area contributed by atoms with Crippen LogP contribution in [-0.2, 0) is 12.8 Å². The second kappa shape index (κ2) is 8.80. The van der Waals surface area contributed by atoms with Crippen LogP contribution in [0.1, 0.15) is 11.1 Å². The zero-order valence-corrected chi connectivity index (χ0v) is 13.3. The summed E-state index contributed by atoms with van der Waals surface area (Å²) in [6.45, 7) is 0. The van der Waals surface area contributed by atoms with Gasteiger partial charge in [0.2, 0.25) is 23.3 Å². The van der Waals surface area contributed by atoms with E-state index in [0.29, 0.717) is 0 Å². The van der Waals surface area contributed by atoms with E-state index < -0.39 is 34.8 Å². The Hall–Kier alpha value is -3.16. The molecule has 1 aromatic carbocycles. The molecule has 136 valence electrons. The SMILES string of the molecule is Oc1c(F)c(F)c(O)c(F)c1F.c1cc(CCc2ccncc2)ccn1. The van der Waals surface area contributed by atoms with Gasteiger partial charge >= 0.3 is 0 Å². The average Bonchev–Trinajstić information content (AvgIpc) is 2.70. The standard InChI is InChI=1S/C12H12N2.C6H2F4O2/c1(11-3-7-13-8-4-11)2-12-5-9-14-10-6-12;7-1-2(8)6(12)4(10)3(9)5(1)11/h3-10H,1-2H2;11-12H. The largest absolute Gasteiger partial charge is 0.503 e. The van der Waals surface area contributed by atoms with Gasteiger partial charge in [0.25, 0.3) is 0 Å². The Morgan fingerprint density at radius 1 is 0.577 bits per heavy atom. The van der Waals surface area contributed by atoms with Gasteiger partial charge in [-0.05, 0) is 48.2 Å². The minimum atomic E-state index is -2.02. The number of hydrogen-bond donors (Lipinski definition) is 2. The van der Waals surface area contributed by atoms with E-state index in [2.05, 4.69) is 34.2 Å². The van der Waals surface area contributed by atoms with Gasteiger partial charge in [-0.15, -0.1) is 0 Å². The maximum atomic E-state index is 12.2. The Labute approximate surface area is 146 Å². The highest BCUT2D eigenvalue weighted by molar-refractivity contribution is 5.36. The number of nitrogens with zero attached hydrogens (tertiary/aromatic N) is 2. The van der Waals surface area contributed by atoms with Gasteiger partial charge in [-0.25, -0.2) is 0 Å². The lowest BCUT2D eigenvalue weighted by molar-refractivity contribution is 0.319. The summed E-state index contributed by atoms with van der Waals surface area (Å²) in [5.74, 6) is -11.7. The zero-order valence-electron chi connectivity index (χ0n) is 13.3. The number of pyridine rings is 2. The van der Waals surface area contributed by atoms with Crippen molar-refractivity contribution in [2.75, 3.05) is 0 Å². The maximum Gasteiger partial charge on any atom is 0.207 e. The Kier molecular flexibility index (Phi) is 6.48. The molecule has 26 heavy (non-hydrogen) atoms. The Bertz CT molecular complexity index is 718. The van der Waals surface area contributed by atoms with Crippen LogP contribution in [0.2, 0.25) is 0 Å². The van der Waals surface area contributed by atoms with Crippen LogP contribution >= 0.6 is 0 Å². The van der Waals surface area contributed by atoms with E-state index in [1.807, 2.05) is 24.8 Å². The lowest BCUT2D eigenvalue weighted by atomic mass is 10.1. The van der Waals surface area contributed by atoms with Crippen molar-refractivity contribution >= 4 is 0 Å². The molecule has 2 aromatic heterocycles. The maximum absolute atomic E-state index is 12.2. The van der Waals surface area contributed by atoms with Crippen LogP contribution in [-0.4, -0.2) is 20.2 Å². The van der Waals surface area contributed by atoms with Crippen molar-refractivity contribution in [1.29, 1.82) is 0 Å². The number of aromatic nitrogens is 2. The van der Waals surface area contributed by atoms with Gasteiger partial charge < -0.3 is 10.2 Å². The molecule has 0 aliphatic heterocycles. The van der Waals surface area contributed by atoms with Crippen LogP contribution in [0.3, 0.4) is 0 Å². The molecule has 8 heteroatoms. The van der Waals surface area contributed by atoms with Crippen LogP contribution in [0.15, 0.2) is 49.1 Å². The molecule has 2 heterocycles. The third-order valence-corrected chi connectivity index (χ3v) is 3.42. The summed E-state index contributed by atoms with van der Waals surface area (Å²) in [7, 11) is 0. The third kappa shape index (κ3) is 4.69. The number of phenolic OH excluding ortho intramolecular Hbond substituents is 2. The lowest BCUT2D eigenvalue weighted by Gasteiger charge is -2.02. The summed E-state index contributed by atoms with van der Waals surface area (Å²) < 4.78 is 49.0. The summed E-state index contributed by atoms with van der Waals surface area (Å²) in [5, 5.41) is 16.7. The number of aromatic hydroxyl groups is 2. The number of phenols is 2. The highest BCUT2D eigenvalue weighted by Crippen LogP contribution is 2.32. The molecule has 0 atom stereocenters. The quantitative estimate of drug-likeness (QED) is 0.419. The Morgan fingerprint density at radius 2 is 0.846 bits per heavy atom. The van der Waals surface area contributed by atoms with Crippen LogP contribution in [0.4, 0.5) is 17.6 Å². The summed E-state index contributed by atoms with van der Waals surface area (Å²) in [5.41, 5.74) is 2.66. The third-order valence-electron chi connectivity index (χ3n) is 3.42. The highest BCUT2D eigenvalue weighted by Gasteiger charge is 2.24. The molecule has 0 amide bonds. The second-order valence-corrected chi connectivity index (χ2v) is 5.16. The minimum Gasteiger partial charge on any atom is -0.503 e. The number of hydrogen-bond acceptors (Lipinski definition) is 4. The highest BCUT2D eigenvalue weighted by atomic mass is 19.2. The van der Waals surface area contributed by atoms with Crippen molar-refractivity contribution in [3.05, 3.63) is 83.4 Å². The summed E-state index contributed by atoms with van der Waals surface area (Å²) >= 11 is 0. The first-order valence-corrected chi connectivity index (χ1v) is 7.43. The fourth-order valence-electron chi connectivity index (χ4n) is 2.00. The van der Waals surface area contributed by atoms with Gasteiger partial charge in [-0.1, -0.05) is 0 Å². The predicted molar refractivity (Wildman–Crippen MR) is 85.5 cm³/mol. The number of halogens is 4. The summed E-state index contributed by atoms with van der Waals surface area (Å²) in [6, 6.07) is 8.23. The first-order chi connectivity index (χ1) is 12.4. The molecule has 0 unspecified atom stereocenters. The molecule has 0 aliphatic rings. The normalized spacial score (nSPS) is 10.2. The summed E-state index contributed by atoms with van der Waals surface area (Å²) in [6.07, 6.45) is 9.46. The molecule has 4 nitrogen and oxygen atoms in total. The van der Waals surface area contributed by atoms with Crippen molar-refractivity contribution in [3.8, 4) is 11.5 Å². The van der Waals surface area contributed by atoms with Gasteiger partial charge in [0.1, 0.15) is 0 Å². The van der Waals surface area contributed by atoms with Gasteiger partial charge in [0.05, 0.1) is 0 Å². The summed E-state index contributed by atoms with van der Waals surface area (Å²) in [4.78, 5) is 7.98. The van der Waals surface area contributed by atoms with E-state index in [4.69, 9.17) is 10.2 Å². The van der Waals surface area contributed by atoms with E-state index >= 15 is 0 Å². The second-order valence-electron chi connectivity index (χ2n) is 5.16. The van der Waals surface area contributed by atoms with Crippen molar-refractivity contribution in [1.82, 2.24) is 9.97 Å². The molecule has 0 aliphatic carbocycles. The van der Waals surface area contributed by atoms with Crippen LogP contribution < -0.4 is 0 Å². The number of rotatable bonds is 3. The van der Waals surface area contributed by atoms with E-state index in [0.717, 1.165) is 12.8 Å². The van der Waals surface area contributed by atoms with E-state index in [9.17, 15) is 17.6 Å². The predicted octanol–water partition coefficient (Wildman–Crippen LogP) is 3.92. The molecule has 0 bridgehead atoms. The molecule has 0 saturated carbocycles. The molecule has 3 rings (SSSR count). The first kappa shape index (κ1) is 19.2. The van der Waals surface area contributed by atoms with E-state index in [1.165, 1.54) is 11.1 Å². The van der Waals surface area contributed by atoms with Crippen molar-refractivity contribution in [2.45, 2.75) is 12.8 Å². The molecular weight excluding hydrogens is 352 g/mol. The zero-order chi connectivity index (χ0) is 19.1. The number of aryl methyl sites for hydroxylation is 2. The molecule has 0 saturated heterocycles. The molecule has 2 N–H and O–H groups in total. The first-order valence-electron chi connectivity index (χ1n) is 7.43. The van der Waals surface area contributed by atoms with Crippen molar-refractivity contribution in [2.24, 2.45) is 0 Å². The van der Waals surface area contributed by atoms with Crippen molar-refractivity contribution < 1.29 is 27.8 Å². The van der Waals surface area contributed by atoms with Crippen LogP contribution in [0, 0.1) is 23.3 Å². The lowest BCUT2D eigenvalue weighted by Crippen LogP contribution is -1.94. The van der Waals surface area contributed by atoms with Gasteiger partial charge in [-0.3, -0.25) is 9.97 Å². The fraction of sp³-hybridized carbons (Fsp3) is 0.111. The molecule has 0 fully saturated rings. The average molecular weight is 366 g/mol.